The normalized spacial score (nSPS) is 19.5. The van der Waals surface area contributed by atoms with Crippen LogP contribution in [0.25, 0.3) is 11.0 Å². The van der Waals surface area contributed by atoms with Gasteiger partial charge in [-0.1, -0.05) is 6.07 Å². The molecule has 0 saturated carbocycles. The van der Waals surface area contributed by atoms with Gasteiger partial charge in [0, 0.05) is 26.7 Å². The number of benzene rings is 1. The van der Waals surface area contributed by atoms with Crippen LogP contribution in [0.2, 0.25) is 0 Å². The summed E-state index contributed by atoms with van der Waals surface area (Å²) in [5.41, 5.74) is 0.952. The second kappa shape index (κ2) is 7.77. The van der Waals surface area contributed by atoms with Crippen LogP contribution in [0.1, 0.15) is 19.3 Å². The highest BCUT2D eigenvalue weighted by atomic mass is 32.2. The van der Waals surface area contributed by atoms with Crippen molar-refractivity contribution in [2.45, 2.75) is 24.2 Å². The Kier molecular flexibility index (Phi) is 5.67. The largest absolute Gasteiger partial charge is 0.396 e. The minimum Gasteiger partial charge on any atom is -0.396 e. The molecule has 9 heteroatoms. The van der Waals surface area contributed by atoms with Crippen molar-refractivity contribution in [3.05, 3.63) is 18.2 Å². The minimum absolute atomic E-state index is 0.163. The maximum absolute atomic E-state index is 12.6. The van der Waals surface area contributed by atoms with Crippen LogP contribution in [0.3, 0.4) is 0 Å². The molecule has 1 atom stereocenters. The maximum atomic E-state index is 12.6. The zero-order valence-electron chi connectivity index (χ0n) is 14.4. The number of aliphatic hydroxyl groups excluding tert-OH is 1. The Balaban J connectivity index is 1.57. The number of aryl methyl sites for hydroxylation is 1. The molecule has 1 fully saturated rings. The molecule has 0 radical (unpaired) electrons. The van der Waals surface area contributed by atoms with Crippen molar-refractivity contribution in [2.24, 2.45) is 13.0 Å². The van der Waals surface area contributed by atoms with E-state index in [-0.39, 0.29) is 11.5 Å². The van der Waals surface area contributed by atoms with Gasteiger partial charge in [-0.3, -0.25) is 0 Å². The van der Waals surface area contributed by atoms with E-state index in [0.717, 1.165) is 38.9 Å². The van der Waals surface area contributed by atoms with E-state index in [2.05, 4.69) is 19.8 Å². The molecule has 0 bridgehead atoms. The fourth-order valence-corrected chi connectivity index (χ4v) is 4.55. The van der Waals surface area contributed by atoms with E-state index in [1.165, 1.54) is 4.80 Å². The predicted octanol–water partition coefficient (Wildman–Crippen LogP) is 0.341. The highest BCUT2D eigenvalue weighted by Crippen LogP contribution is 2.19. The van der Waals surface area contributed by atoms with E-state index in [1.54, 1.807) is 25.2 Å². The predicted molar refractivity (Wildman–Crippen MR) is 94.6 cm³/mol. The van der Waals surface area contributed by atoms with Crippen LogP contribution in [0.4, 0.5) is 0 Å². The van der Waals surface area contributed by atoms with Crippen molar-refractivity contribution in [3.8, 4) is 0 Å². The summed E-state index contributed by atoms with van der Waals surface area (Å²) in [5, 5.41) is 17.6. The summed E-state index contributed by atoms with van der Waals surface area (Å²) in [4.78, 5) is 3.83. The Bertz CT molecular complexity index is 820. The van der Waals surface area contributed by atoms with Crippen molar-refractivity contribution in [2.75, 3.05) is 32.8 Å². The molecule has 8 nitrogen and oxygen atoms in total. The molecular formula is C16H25N5O3S. The van der Waals surface area contributed by atoms with Crippen LogP contribution < -0.4 is 4.72 Å². The molecule has 0 amide bonds. The van der Waals surface area contributed by atoms with Gasteiger partial charge in [0.15, 0.2) is 0 Å². The highest BCUT2D eigenvalue weighted by molar-refractivity contribution is 7.89. The molecule has 1 saturated heterocycles. The van der Waals surface area contributed by atoms with E-state index in [1.807, 2.05) is 0 Å². The van der Waals surface area contributed by atoms with Crippen LogP contribution in [0.15, 0.2) is 23.1 Å². The second-order valence-electron chi connectivity index (χ2n) is 6.56. The third kappa shape index (κ3) is 4.35. The average molecular weight is 367 g/mol. The SMILES string of the molecule is Cn1nc2cccc(S(=O)(=O)NCCCN3CCC[C@H](CO)C3)c2n1. The van der Waals surface area contributed by atoms with Crippen molar-refractivity contribution in [1.82, 2.24) is 24.6 Å². The smallest absolute Gasteiger partial charge is 0.242 e. The van der Waals surface area contributed by atoms with E-state index in [0.29, 0.717) is 23.5 Å². The fraction of sp³-hybridized carbons (Fsp3) is 0.625. The van der Waals surface area contributed by atoms with Crippen molar-refractivity contribution >= 4 is 21.1 Å². The van der Waals surface area contributed by atoms with Crippen molar-refractivity contribution in [1.29, 1.82) is 0 Å². The third-order valence-corrected chi connectivity index (χ3v) is 6.06. The lowest BCUT2D eigenvalue weighted by Gasteiger charge is -2.31. The van der Waals surface area contributed by atoms with Gasteiger partial charge in [-0.05, 0) is 50.4 Å². The molecule has 2 aromatic rings. The van der Waals surface area contributed by atoms with E-state index >= 15 is 0 Å². The van der Waals surface area contributed by atoms with Gasteiger partial charge in [0.25, 0.3) is 0 Å². The molecule has 2 N–H and O–H groups in total. The van der Waals surface area contributed by atoms with Gasteiger partial charge in [-0.25, -0.2) is 13.1 Å². The van der Waals surface area contributed by atoms with Gasteiger partial charge in [0.2, 0.25) is 10.0 Å². The standard InChI is InChI=1S/C16H25N5O3S/c1-20-18-14-6-2-7-15(16(14)19-20)25(23,24)17-8-4-10-21-9-3-5-13(11-21)12-22/h2,6-7,13,17,22H,3-5,8-12H2,1H3/t13-/m0/s1. The minimum atomic E-state index is -3.62. The number of fused-ring (bicyclic) bond motifs is 1. The van der Waals surface area contributed by atoms with Gasteiger partial charge < -0.3 is 10.0 Å². The molecular weight excluding hydrogens is 342 g/mol. The lowest BCUT2D eigenvalue weighted by Crippen LogP contribution is -2.38. The summed E-state index contributed by atoms with van der Waals surface area (Å²) in [6, 6.07) is 4.97. The number of aliphatic hydroxyl groups is 1. The molecule has 138 valence electrons. The zero-order valence-corrected chi connectivity index (χ0v) is 15.2. The highest BCUT2D eigenvalue weighted by Gasteiger charge is 2.21. The molecule has 1 aliphatic rings. The second-order valence-corrected chi connectivity index (χ2v) is 8.29. The van der Waals surface area contributed by atoms with E-state index < -0.39 is 10.0 Å². The Labute approximate surface area is 147 Å². The number of aromatic nitrogens is 3. The fourth-order valence-electron chi connectivity index (χ4n) is 3.32. The monoisotopic (exact) mass is 367 g/mol. The zero-order chi connectivity index (χ0) is 17.9. The molecule has 25 heavy (non-hydrogen) atoms. The lowest BCUT2D eigenvalue weighted by atomic mass is 9.99. The topological polar surface area (TPSA) is 100 Å². The average Bonchev–Trinajstić information content (AvgIpc) is 2.98. The summed E-state index contributed by atoms with van der Waals surface area (Å²) in [6.45, 7) is 3.34. The quantitative estimate of drug-likeness (QED) is 0.685. The van der Waals surface area contributed by atoms with Gasteiger partial charge in [0.1, 0.15) is 15.9 Å². The molecule has 1 aromatic carbocycles. The lowest BCUT2D eigenvalue weighted by molar-refractivity contribution is 0.120. The van der Waals surface area contributed by atoms with Gasteiger partial charge >= 0.3 is 0 Å². The Hall–Kier alpha value is -1.55. The Morgan fingerprint density at radius 1 is 1.36 bits per heavy atom. The van der Waals surface area contributed by atoms with E-state index in [9.17, 15) is 13.5 Å². The first-order chi connectivity index (χ1) is 12.0. The maximum Gasteiger partial charge on any atom is 0.242 e. The number of piperidine rings is 1. The Morgan fingerprint density at radius 3 is 3.00 bits per heavy atom. The number of likely N-dealkylation sites (tertiary alicyclic amines) is 1. The number of hydrogen-bond donors (Lipinski definition) is 2. The van der Waals surface area contributed by atoms with Crippen LogP contribution in [0, 0.1) is 5.92 Å². The summed E-state index contributed by atoms with van der Waals surface area (Å²) < 4.78 is 27.8. The van der Waals surface area contributed by atoms with Crippen LogP contribution in [-0.4, -0.2) is 66.2 Å². The molecule has 1 aromatic heterocycles. The number of nitrogens with one attached hydrogen (secondary N) is 1. The molecule has 2 heterocycles. The van der Waals surface area contributed by atoms with Crippen LogP contribution in [0.5, 0.6) is 0 Å². The number of sulfonamides is 1. The van der Waals surface area contributed by atoms with E-state index in [4.69, 9.17) is 0 Å². The summed E-state index contributed by atoms with van der Waals surface area (Å²) in [6.07, 6.45) is 2.89. The summed E-state index contributed by atoms with van der Waals surface area (Å²) >= 11 is 0. The molecule has 0 aliphatic carbocycles. The van der Waals surface area contributed by atoms with Crippen molar-refractivity contribution < 1.29 is 13.5 Å². The van der Waals surface area contributed by atoms with Gasteiger partial charge in [-0.2, -0.15) is 15.0 Å². The van der Waals surface area contributed by atoms with Gasteiger partial charge in [-0.15, -0.1) is 0 Å². The first kappa shape index (κ1) is 18.2. The summed E-state index contributed by atoms with van der Waals surface area (Å²) in [5.74, 6) is 0.347. The first-order valence-electron chi connectivity index (χ1n) is 8.62. The van der Waals surface area contributed by atoms with Crippen LogP contribution in [-0.2, 0) is 17.1 Å². The number of hydrogen-bond acceptors (Lipinski definition) is 6. The first-order valence-corrected chi connectivity index (χ1v) is 10.1. The van der Waals surface area contributed by atoms with Crippen LogP contribution >= 0.6 is 0 Å². The van der Waals surface area contributed by atoms with Gasteiger partial charge in [0.05, 0.1) is 0 Å². The molecule has 0 unspecified atom stereocenters. The molecule has 3 rings (SSSR count). The van der Waals surface area contributed by atoms with Crippen molar-refractivity contribution in [3.63, 3.8) is 0 Å². The third-order valence-electron chi connectivity index (χ3n) is 4.57. The molecule has 0 spiro atoms. The number of nitrogens with zero attached hydrogens (tertiary/aromatic N) is 4. The Morgan fingerprint density at radius 2 is 2.20 bits per heavy atom. The number of rotatable bonds is 7. The molecule has 1 aliphatic heterocycles. The summed E-state index contributed by atoms with van der Waals surface area (Å²) in [7, 11) is -1.95.